The van der Waals surface area contributed by atoms with E-state index < -0.39 is 0 Å². The summed E-state index contributed by atoms with van der Waals surface area (Å²) in [5.74, 6) is 0.972. The molecule has 2 heterocycles. The minimum Gasteiger partial charge on any atom is -0.353 e. The molecule has 6 heteroatoms. The van der Waals surface area contributed by atoms with E-state index in [4.69, 9.17) is 5.26 Å². The summed E-state index contributed by atoms with van der Waals surface area (Å²) in [7, 11) is 0. The molecule has 1 aliphatic heterocycles. The number of anilines is 1. The third-order valence-corrected chi connectivity index (χ3v) is 4.96. The predicted molar refractivity (Wildman–Crippen MR) is 101 cm³/mol. The van der Waals surface area contributed by atoms with E-state index in [2.05, 4.69) is 31.9 Å². The Balaban J connectivity index is 1.69. The van der Waals surface area contributed by atoms with Gasteiger partial charge in [0.1, 0.15) is 11.9 Å². The molecule has 0 bridgehead atoms. The number of nitriles is 1. The fourth-order valence-corrected chi connectivity index (χ4v) is 3.59. The van der Waals surface area contributed by atoms with E-state index >= 15 is 0 Å². The van der Waals surface area contributed by atoms with Crippen LogP contribution in [-0.4, -0.2) is 42.0 Å². The van der Waals surface area contributed by atoms with Crippen molar-refractivity contribution in [1.29, 1.82) is 5.26 Å². The smallest absolute Gasteiger partial charge is 0.254 e. The second kappa shape index (κ2) is 7.24. The summed E-state index contributed by atoms with van der Waals surface area (Å²) in [4.78, 5) is 21.3. The molecule has 0 spiro atoms. The van der Waals surface area contributed by atoms with Crippen LogP contribution in [0.25, 0.3) is 0 Å². The van der Waals surface area contributed by atoms with Gasteiger partial charge in [-0.2, -0.15) is 5.26 Å². The number of halogens is 1. The normalized spacial score (nSPS) is 14.3. The summed E-state index contributed by atoms with van der Waals surface area (Å²) in [6.07, 6.45) is 1.60. The number of hydrogen-bond acceptors (Lipinski definition) is 4. The van der Waals surface area contributed by atoms with Crippen LogP contribution >= 0.6 is 15.9 Å². The highest BCUT2D eigenvalue weighted by atomic mass is 79.9. The molecule has 0 aliphatic carbocycles. The molecular weight excluding hydrogens is 380 g/mol. The Hall–Kier alpha value is -2.39. The first-order valence-electron chi connectivity index (χ1n) is 8.16. The fraction of sp³-hybridized carbons (Fsp3) is 0.316. The zero-order valence-corrected chi connectivity index (χ0v) is 15.9. The Bertz CT molecular complexity index is 851. The molecule has 2 aromatic rings. The molecule has 0 unspecified atom stereocenters. The molecule has 1 aromatic heterocycles. The topological polar surface area (TPSA) is 60.2 Å². The number of aryl methyl sites for hydroxylation is 2. The van der Waals surface area contributed by atoms with Gasteiger partial charge in [-0.25, -0.2) is 4.98 Å². The first-order valence-corrected chi connectivity index (χ1v) is 8.96. The lowest BCUT2D eigenvalue weighted by Gasteiger charge is -2.36. The van der Waals surface area contributed by atoms with Gasteiger partial charge >= 0.3 is 0 Å². The lowest BCUT2D eigenvalue weighted by Crippen LogP contribution is -2.49. The van der Waals surface area contributed by atoms with Crippen molar-refractivity contribution in [3.63, 3.8) is 0 Å². The van der Waals surface area contributed by atoms with E-state index in [1.54, 1.807) is 6.20 Å². The molecule has 1 fully saturated rings. The molecule has 25 heavy (non-hydrogen) atoms. The summed E-state index contributed by atoms with van der Waals surface area (Å²) < 4.78 is 0.980. The van der Waals surface area contributed by atoms with E-state index in [1.807, 2.05) is 43.0 Å². The second-order valence-electron chi connectivity index (χ2n) is 6.21. The van der Waals surface area contributed by atoms with Crippen molar-refractivity contribution in [2.24, 2.45) is 0 Å². The molecular formula is C19H19BrN4O. The van der Waals surface area contributed by atoms with Crippen LogP contribution in [0.4, 0.5) is 5.82 Å². The average Bonchev–Trinajstić information content (AvgIpc) is 2.61. The molecule has 5 nitrogen and oxygen atoms in total. The number of nitrogens with zero attached hydrogens (tertiary/aromatic N) is 4. The largest absolute Gasteiger partial charge is 0.353 e. The van der Waals surface area contributed by atoms with Gasteiger partial charge < -0.3 is 9.80 Å². The van der Waals surface area contributed by atoms with Crippen molar-refractivity contribution in [2.45, 2.75) is 13.8 Å². The second-order valence-corrected chi connectivity index (χ2v) is 7.13. The van der Waals surface area contributed by atoms with Crippen LogP contribution in [0.2, 0.25) is 0 Å². The summed E-state index contributed by atoms with van der Waals surface area (Å²) in [5.41, 5.74) is 3.29. The first kappa shape index (κ1) is 17.4. The van der Waals surface area contributed by atoms with E-state index in [0.29, 0.717) is 18.7 Å². The monoisotopic (exact) mass is 398 g/mol. The molecule has 1 saturated heterocycles. The Labute approximate surface area is 156 Å². The highest BCUT2D eigenvalue weighted by Crippen LogP contribution is 2.21. The van der Waals surface area contributed by atoms with Crippen LogP contribution in [0.1, 0.15) is 27.0 Å². The van der Waals surface area contributed by atoms with E-state index in [-0.39, 0.29) is 5.91 Å². The number of rotatable bonds is 2. The molecule has 0 atom stereocenters. The Morgan fingerprint density at radius 3 is 2.48 bits per heavy atom. The molecule has 0 N–H and O–H groups in total. The first-order chi connectivity index (χ1) is 12.0. The minimum absolute atomic E-state index is 0.0779. The van der Waals surface area contributed by atoms with Crippen molar-refractivity contribution >= 4 is 27.7 Å². The van der Waals surface area contributed by atoms with Crippen LogP contribution in [0, 0.1) is 25.2 Å². The van der Waals surface area contributed by atoms with Gasteiger partial charge in [0.05, 0.1) is 5.56 Å². The molecule has 128 valence electrons. The molecule has 0 saturated carbocycles. The predicted octanol–water partition coefficient (Wildman–Crippen LogP) is 3.30. The highest BCUT2D eigenvalue weighted by Gasteiger charge is 2.24. The van der Waals surface area contributed by atoms with Gasteiger partial charge in [0.25, 0.3) is 5.91 Å². The lowest BCUT2D eigenvalue weighted by molar-refractivity contribution is 0.0746. The van der Waals surface area contributed by atoms with Gasteiger partial charge in [0, 0.05) is 42.4 Å². The van der Waals surface area contributed by atoms with Crippen molar-refractivity contribution in [3.8, 4) is 6.07 Å². The van der Waals surface area contributed by atoms with E-state index in [1.165, 1.54) is 0 Å². The quantitative estimate of drug-likeness (QED) is 0.778. The van der Waals surface area contributed by atoms with Crippen LogP contribution < -0.4 is 4.90 Å². The summed E-state index contributed by atoms with van der Waals surface area (Å²) in [5, 5.41) is 8.96. The molecule has 1 aromatic carbocycles. The van der Waals surface area contributed by atoms with Crippen LogP contribution in [-0.2, 0) is 0 Å². The summed E-state index contributed by atoms with van der Waals surface area (Å²) in [6.45, 7) is 6.72. The number of amides is 1. The number of carbonyl (C=O) groups is 1. The van der Waals surface area contributed by atoms with Gasteiger partial charge in [0.15, 0.2) is 0 Å². The number of carbonyl (C=O) groups excluding carboxylic acids is 1. The van der Waals surface area contributed by atoms with Gasteiger partial charge in [-0.05, 0) is 49.2 Å². The van der Waals surface area contributed by atoms with Gasteiger partial charge in [-0.3, -0.25) is 4.79 Å². The number of aromatic nitrogens is 1. The molecule has 0 radical (unpaired) electrons. The standard InChI is InChI=1S/C19H19BrN4O/c1-13-10-16(20)3-4-17(13)19(25)24-7-5-23(6-8-24)18-14(2)9-15(11-21)12-22-18/h3-4,9-10,12H,5-8H2,1-2H3. The van der Waals surface area contributed by atoms with Crippen LogP contribution in [0.3, 0.4) is 0 Å². The van der Waals surface area contributed by atoms with E-state index in [0.717, 1.165) is 40.1 Å². The maximum absolute atomic E-state index is 12.8. The molecule has 1 amide bonds. The van der Waals surface area contributed by atoms with Gasteiger partial charge in [-0.15, -0.1) is 0 Å². The van der Waals surface area contributed by atoms with Crippen molar-refractivity contribution in [1.82, 2.24) is 9.88 Å². The van der Waals surface area contributed by atoms with Crippen LogP contribution in [0.5, 0.6) is 0 Å². The molecule has 1 aliphatic rings. The van der Waals surface area contributed by atoms with Gasteiger partial charge in [-0.1, -0.05) is 15.9 Å². The van der Waals surface area contributed by atoms with Gasteiger partial charge in [0.2, 0.25) is 0 Å². The zero-order chi connectivity index (χ0) is 18.0. The molecule has 3 rings (SSSR count). The average molecular weight is 399 g/mol. The Kier molecular flexibility index (Phi) is 5.05. The van der Waals surface area contributed by atoms with E-state index in [9.17, 15) is 4.79 Å². The third kappa shape index (κ3) is 3.67. The number of pyridine rings is 1. The highest BCUT2D eigenvalue weighted by molar-refractivity contribution is 9.10. The SMILES string of the molecule is Cc1cc(Br)ccc1C(=O)N1CCN(c2ncc(C#N)cc2C)CC1. The summed E-state index contributed by atoms with van der Waals surface area (Å²) >= 11 is 3.43. The number of benzene rings is 1. The Morgan fingerprint density at radius 1 is 1.16 bits per heavy atom. The zero-order valence-electron chi connectivity index (χ0n) is 14.3. The number of hydrogen-bond donors (Lipinski definition) is 0. The Morgan fingerprint density at radius 2 is 1.88 bits per heavy atom. The van der Waals surface area contributed by atoms with Crippen molar-refractivity contribution in [3.05, 3.63) is 57.2 Å². The maximum atomic E-state index is 12.8. The number of piperazine rings is 1. The third-order valence-electron chi connectivity index (χ3n) is 4.47. The minimum atomic E-state index is 0.0779. The lowest BCUT2D eigenvalue weighted by atomic mass is 10.1. The fourth-order valence-electron chi connectivity index (χ4n) is 3.12. The summed E-state index contributed by atoms with van der Waals surface area (Å²) in [6, 6.07) is 9.71. The van der Waals surface area contributed by atoms with Crippen LogP contribution in [0.15, 0.2) is 34.9 Å². The van der Waals surface area contributed by atoms with Crippen molar-refractivity contribution < 1.29 is 4.79 Å². The maximum Gasteiger partial charge on any atom is 0.254 e. The van der Waals surface area contributed by atoms with Crippen molar-refractivity contribution in [2.75, 3.05) is 31.1 Å².